The van der Waals surface area contributed by atoms with Gasteiger partial charge in [-0.05, 0) is 81.4 Å². The Hall–Kier alpha value is -1.06. The van der Waals surface area contributed by atoms with Crippen molar-refractivity contribution in [3.63, 3.8) is 0 Å². The van der Waals surface area contributed by atoms with E-state index in [1.165, 1.54) is 5.56 Å². The van der Waals surface area contributed by atoms with Crippen LogP contribution in [-0.2, 0) is 0 Å². The molecule has 0 saturated carbocycles. The number of phenolic OH excluding ortho intramolecular Hbond substituents is 1. The summed E-state index contributed by atoms with van der Waals surface area (Å²) in [6, 6.07) is 3.94. The molecule has 0 spiro atoms. The summed E-state index contributed by atoms with van der Waals surface area (Å²) < 4.78 is 0. The van der Waals surface area contributed by atoms with Gasteiger partial charge >= 0.3 is 0 Å². The van der Waals surface area contributed by atoms with Crippen LogP contribution in [0, 0.1) is 12.8 Å². The normalized spacial score (nSPS) is 24.1. The standard InChI is InChI=1S/C20H33NO2/c1-12-10-16-15(8-6-14(3)19(16)17(22)11-12)13(2)7-9-18(21)20(4,5)23/h10-11,13-15,18,22-23H,6-9,21H2,1-5H3/t13-,14+,15?,18?/m0/s1. The zero-order valence-corrected chi connectivity index (χ0v) is 15.3. The second-order valence-electron chi connectivity index (χ2n) is 8.19. The molecule has 2 unspecified atom stereocenters. The van der Waals surface area contributed by atoms with Gasteiger partial charge in [0, 0.05) is 11.6 Å². The Kier molecular flexibility index (Phi) is 5.42. The minimum atomic E-state index is -0.826. The summed E-state index contributed by atoms with van der Waals surface area (Å²) in [5.41, 5.74) is 8.87. The second-order valence-corrected chi connectivity index (χ2v) is 8.19. The summed E-state index contributed by atoms with van der Waals surface area (Å²) in [5.74, 6) is 1.85. The Labute approximate surface area is 140 Å². The van der Waals surface area contributed by atoms with E-state index in [9.17, 15) is 10.2 Å². The van der Waals surface area contributed by atoms with E-state index in [-0.39, 0.29) is 6.04 Å². The van der Waals surface area contributed by atoms with Crippen LogP contribution < -0.4 is 5.73 Å². The van der Waals surface area contributed by atoms with Crippen molar-refractivity contribution in [2.75, 3.05) is 0 Å². The molecule has 1 aliphatic carbocycles. The fraction of sp³-hybridized carbons (Fsp3) is 0.700. The predicted molar refractivity (Wildman–Crippen MR) is 95.9 cm³/mol. The highest BCUT2D eigenvalue weighted by Crippen LogP contribution is 2.47. The van der Waals surface area contributed by atoms with Crippen LogP contribution in [-0.4, -0.2) is 21.9 Å². The first-order valence-corrected chi connectivity index (χ1v) is 8.92. The lowest BCUT2D eigenvalue weighted by Gasteiger charge is -2.35. The number of rotatable bonds is 5. The number of hydrogen-bond donors (Lipinski definition) is 3. The van der Waals surface area contributed by atoms with Crippen LogP contribution in [0.4, 0.5) is 0 Å². The molecule has 0 aromatic heterocycles. The summed E-state index contributed by atoms with van der Waals surface area (Å²) >= 11 is 0. The molecule has 0 fully saturated rings. The van der Waals surface area contributed by atoms with Crippen LogP contribution in [0.5, 0.6) is 5.75 Å². The molecule has 0 amide bonds. The van der Waals surface area contributed by atoms with E-state index in [4.69, 9.17) is 5.73 Å². The highest BCUT2D eigenvalue weighted by Gasteiger charge is 2.31. The first-order valence-electron chi connectivity index (χ1n) is 8.92. The van der Waals surface area contributed by atoms with E-state index in [2.05, 4.69) is 19.9 Å². The van der Waals surface area contributed by atoms with Crippen LogP contribution in [0.25, 0.3) is 0 Å². The second kappa shape index (κ2) is 6.82. The first-order chi connectivity index (χ1) is 10.6. The Balaban J connectivity index is 2.17. The largest absolute Gasteiger partial charge is 0.508 e. The average Bonchev–Trinajstić information content (AvgIpc) is 2.42. The van der Waals surface area contributed by atoms with Gasteiger partial charge in [0.1, 0.15) is 5.75 Å². The van der Waals surface area contributed by atoms with Gasteiger partial charge in [0.2, 0.25) is 0 Å². The molecule has 4 N–H and O–H groups in total. The molecule has 0 heterocycles. The van der Waals surface area contributed by atoms with Crippen molar-refractivity contribution in [3.8, 4) is 5.75 Å². The lowest BCUT2D eigenvalue weighted by atomic mass is 9.70. The molecular formula is C20H33NO2. The van der Waals surface area contributed by atoms with Gasteiger partial charge in [0.05, 0.1) is 5.60 Å². The summed E-state index contributed by atoms with van der Waals surface area (Å²) in [4.78, 5) is 0. The van der Waals surface area contributed by atoms with E-state index in [1.807, 2.05) is 13.0 Å². The van der Waals surface area contributed by atoms with Crippen molar-refractivity contribution < 1.29 is 10.2 Å². The molecule has 130 valence electrons. The third kappa shape index (κ3) is 4.07. The van der Waals surface area contributed by atoms with Gasteiger partial charge in [-0.15, -0.1) is 0 Å². The maximum atomic E-state index is 10.4. The van der Waals surface area contributed by atoms with Crippen LogP contribution in [0.1, 0.15) is 81.9 Å². The number of nitrogens with two attached hydrogens (primary N) is 1. The fourth-order valence-corrected chi connectivity index (χ4v) is 3.97. The summed E-state index contributed by atoms with van der Waals surface area (Å²) in [6.07, 6.45) is 4.11. The topological polar surface area (TPSA) is 66.5 Å². The number of hydrogen-bond acceptors (Lipinski definition) is 3. The van der Waals surface area contributed by atoms with E-state index in [1.54, 1.807) is 13.8 Å². The number of fused-ring (bicyclic) bond motifs is 1. The summed E-state index contributed by atoms with van der Waals surface area (Å²) in [7, 11) is 0. The maximum absolute atomic E-state index is 10.4. The zero-order chi connectivity index (χ0) is 17.4. The Bertz CT molecular complexity index is 547. The molecule has 1 aromatic carbocycles. The monoisotopic (exact) mass is 319 g/mol. The lowest BCUT2D eigenvalue weighted by Crippen LogP contribution is -2.43. The van der Waals surface area contributed by atoms with Gasteiger partial charge in [0.15, 0.2) is 0 Å². The van der Waals surface area contributed by atoms with Crippen LogP contribution >= 0.6 is 0 Å². The average molecular weight is 319 g/mol. The summed E-state index contributed by atoms with van der Waals surface area (Å²) in [6.45, 7) is 10.1. The first kappa shape index (κ1) is 18.3. The van der Waals surface area contributed by atoms with Gasteiger partial charge in [-0.3, -0.25) is 0 Å². The fourth-order valence-electron chi connectivity index (χ4n) is 3.97. The summed E-state index contributed by atoms with van der Waals surface area (Å²) in [5, 5.41) is 20.4. The highest BCUT2D eigenvalue weighted by atomic mass is 16.3. The van der Waals surface area contributed by atoms with Crippen molar-refractivity contribution in [2.45, 2.75) is 83.8 Å². The van der Waals surface area contributed by atoms with Crippen molar-refractivity contribution >= 4 is 0 Å². The Morgan fingerprint density at radius 3 is 2.52 bits per heavy atom. The van der Waals surface area contributed by atoms with E-state index in [0.717, 1.165) is 36.8 Å². The molecular weight excluding hydrogens is 286 g/mol. The Morgan fingerprint density at radius 2 is 1.91 bits per heavy atom. The molecule has 3 heteroatoms. The molecule has 23 heavy (non-hydrogen) atoms. The molecule has 0 radical (unpaired) electrons. The van der Waals surface area contributed by atoms with E-state index in [0.29, 0.717) is 23.5 Å². The molecule has 0 aliphatic heterocycles. The highest BCUT2D eigenvalue weighted by molar-refractivity contribution is 5.48. The molecule has 0 bridgehead atoms. The van der Waals surface area contributed by atoms with Crippen molar-refractivity contribution in [1.29, 1.82) is 0 Å². The minimum Gasteiger partial charge on any atom is -0.508 e. The van der Waals surface area contributed by atoms with Crippen LogP contribution in [0.3, 0.4) is 0 Å². The number of benzene rings is 1. The van der Waals surface area contributed by atoms with Gasteiger partial charge in [0.25, 0.3) is 0 Å². The van der Waals surface area contributed by atoms with Gasteiger partial charge in [-0.2, -0.15) is 0 Å². The van der Waals surface area contributed by atoms with Gasteiger partial charge in [-0.25, -0.2) is 0 Å². The molecule has 2 rings (SSSR count). The molecule has 0 saturated heterocycles. The van der Waals surface area contributed by atoms with Crippen LogP contribution in [0.2, 0.25) is 0 Å². The smallest absolute Gasteiger partial charge is 0.119 e. The lowest BCUT2D eigenvalue weighted by molar-refractivity contribution is 0.0465. The van der Waals surface area contributed by atoms with Gasteiger partial charge < -0.3 is 15.9 Å². The minimum absolute atomic E-state index is 0.196. The number of aliphatic hydroxyl groups is 1. The Morgan fingerprint density at radius 1 is 1.26 bits per heavy atom. The zero-order valence-electron chi connectivity index (χ0n) is 15.3. The third-order valence-corrected chi connectivity index (χ3v) is 5.66. The van der Waals surface area contributed by atoms with Crippen molar-refractivity contribution in [2.24, 2.45) is 11.7 Å². The maximum Gasteiger partial charge on any atom is 0.119 e. The van der Waals surface area contributed by atoms with Crippen molar-refractivity contribution in [1.82, 2.24) is 0 Å². The molecule has 1 aliphatic rings. The van der Waals surface area contributed by atoms with E-state index >= 15 is 0 Å². The molecule has 3 nitrogen and oxygen atoms in total. The third-order valence-electron chi connectivity index (χ3n) is 5.66. The number of aromatic hydroxyl groups is 1. The number of phenols is 1. The predicted octanol–water partition coefficient (Wildman–Crippen LogP) is 4.20. The molecule has 4 atom stereocenters. The molecule has 1 aromatic rings. The van der Waals surface area contributed by atoms with Crippen molar-refractivity contribution in [3.05, 3.63) is 28.8 Å². The number of aryl methyl sites for hydroxylation is 1. The van der Waals surface area contributed by atoms with E-state index < -0.39 is 5.60 Å². The van der Waals surface area contributed by atoms with Gasteiger partial charge in [-0.1, -0.05) is 19.9 Å². The van der Waals surface area contributed by atoms with Crippen LogP contribution in [0.15, 0.2) is 12.1 Å². The SMILES string of the molecule is Cc1cc(O)c2c(c1)C([C@@H](C)CCC(N)C(C)(C)O)CC[C@H]2C. The quantitative estimate of drug-likeness (QED) is 0.762.